The molecule has 11 aromatic rings. The summed E-state index contributed by atoms with van der Waals surface area (Å²) in [7, 11) is 3.15. The van der Waals surface area contributed by atoms with Gasteiger partial charge >= 0.3 is 0 Å². The van der Waals surface area contributed by atoms with E-state index >= 15 is 0 Å². The van der Waals surface area contributed by atoms with Crippen LogP contribution < -0.4 is 41.3 Å². The lowest BCUT2D eigenvalue weighted by molar-refractivity contribution is -0.128. The molecule has 8 aliphatic rings. The molecule has 0 unspecified atom stereocenters. The van der Waals surface area contributed by atoms with E-state index in [1.165, 1.54) is 61.2 Å². The summed E-state index contributed by atoms with van der Waals surface area (Å²) < 4.78 is 69.4. The molecule has 4 aliphatic carbocycles. The molecule has 6 N–H and O–H groups in total. The van der Waals surface area contributed by atoms with Crippen LogP contribution in [0, 0.1) is 72.6 Å². The number of halogens is 8. The van der Waals surface area contributed by atoms with Gasteiger partial charge < -0.3 is 60.6 Å². The topological polar surface area (TPSA) is 370 Å². The highest BCUT2D eigenvalue weighted by atomic mass is 35.5. The van der Waals surface area contributed by atoms with Gasteiger partial charge in [0.1, 0.15) is 45.7 Å². The first-order chi connectivity index (χ1) is 64.2. The lowest BCUT2D eigenvalue weighted by Gasteiger charge is -2.40. The highest BCUT2D eigenvalue weighted by molar-refractivity contribution is 6.35. The SMILES string of the molecule is COCCN(C(=O)c1[nH]cnc1C(N)=O)C1CCC2(CC1)CCN(c1cc(C)c(F)cc1Cl)C2=O.COCc1cc(C)n2ncc(C(=O)NC3CCC4(CC3)CCN(c3ccc(F)cc3Cl)C4=O)c2n1.Cc1ccn2ncc(C(=O)NC3CCC4(CC3)CCN(c3ccc(F)cc3Cl)C4=O)c2n1.Cc1ccnc2c(C(=O)NC3CCC4(CC3)CCN(c3ccc(F)cc3Cl)C4=O)cnn12. The van der Waals surface area contributed by atoms with Gasteiger partial charge in [0.2, 0.25) is 23.6 Å². The van der Waals surface area contributed by atoms with Crippen molar-refractivity contribution in [2.24, 2.45) is 27.4 Å². The number of carbonyl (C=O) groups excluding carboxylic acids is 9. The molecule has 39 heteroatoms. The molecule has 4 saturated carbocycles. The van der Waals surface area contributed by atoms with Gasteiger partial charge in [0.15, 0.2) is 22.6 Å². The van der Waals surface area contributed by atoms with Crippen molar-refractivity contribution >= 4 is 139 Å². The van der Waals surface area contributed by atoms with Crippen LogP contribution in [-0.2, 0) is 35.3 Å². The Hall–Kier alpha value is -12.0. The summed E-state index contributed by atoms with van der Waals surface area (Å²) in [5.41, 5.74) is 12.3. The van der Waals surface area contributed by atoms with Gasteiger partial charge in [-0.3, -0.25) is 43.2 Å². The van der Waals surface area contributed by atoms with E-state index in [2.05, 4.69) is 56.2 Å². The second kappa shape index (κ2) is 39.5. The Kier molecular flexibility index (Phi) is 28.0. The number of aromatic nitrogens is 11. The Labute approximate surface area is 788 Å². The summed E-state index contributed by atoms with van der Waals surface area (Å²) in [6.45, 7) is 10.5. The van der Waals surface area contributed by atoms with Crippen LogP contribution in [-0.4, -0.2) is 190 Å². The number of carbonyl (C=O) groups is 9. The van der Waals surface area contributed by atoms with Crippen molar-refractivity contribution in [3.8, 4) is 0 Å². The van der Waals surface area contributed by atoms with E-state index in [1.54, 1.807) is 102 Å². The molecule has 0 radical (unpaired) electrons. The Morgan fingerprint density at radius 1 is 0.493 bits per heavy atom. The number of benzene rings is 4. The van der Waals surface area contributed by atoms with E-state index in [0.29, 0.717) is 217 Å². The van der Waals surface area contributed by atoms with Crippen LogP contribution in [0.2, 0.25) is 20.1 Å². The molecule has 0 atom stereocenters. The second-order valence-corrected chi connectivity index (χ2v) is 37.8. The standard InChI is InChI=1S/C25H27ClFN5O3.C24H29ClFN5O4.2C23H23ClFN5O2/c1-15-11-18(14-35-2)29-22-19(13-28-32(15)22)23(33)30-17-5-7-25(8-6-17)9-10-31(24(25)34)21-4-3-16(27)12-20(21)26;1-14-11-18(16(25)12-17(14)26)31-8-7-24(23(31)34)5-3-15(4-6-24)30(9-10-35-2)22(33)20-19(21(27)32)28-13-29-20;1-14-6-10-30-20(27-14)17(13-26-30)21(31)28-16-4-7-23(8-5-16)9-11-29(22(23)32)19-3-2-15(25)12-18(19)24;1-14-6-10-26-20-17(13-27-30(14)20)21(31)28-16-4-7-23(8-5-16)9-11-29(22(23)32)19-3-2-15(25)12-18(19)24/h3-4,11-13,17H,5-10,14H2,1-2H3,(H,30,33);11-13,15H,3-10H2,1-2H3,(H2,27,32)(H,28,29);2*2-3,6,10,12-13,16H,4-5,7-9,11H2,1H3,(H,28,31). The number of nitrogens with one attached hydrogen (secondary N) is 4. The zero-order chi connectivity index (χ0) is 95.0. The van der Waals surface area contributed by atoms with Crippen LogP contribution in [0.15, 0.2) is 122 Å². The number of hydrogen-bond acceptors (Lipinski definition) is 18. The van der Waals surface area contributed by atoms with Crippen molar-refractivity contribution in [2.45, 2.75) is 187 Å². The van der Waals surface area contributed by atoms with Crippen molar-refractivity contribution in [1.29, 1.82) is 0 Å². The van der Waals surface area contributed by atoms with E-state index in [4.69, 9.17) is 61.6 Å². The molecule has 7 aromatic heterocycles. The minimum absolute atomic E-state index is 0.0101. The number of aryl methyl sites for hydroxylation is 4. The van der Waals surface area contributed by atoms with Crippen LogP contribution >= 0.6 is 46.4 Å². The minimum atomic E-state index is -0.782. The molecular weight excluding hydrogens is 1810 g/mol. The van der Waals surface area contributed by atoms with Gasteiger partial charge in [-0.2, -0.15) is 15.3 Å². The summed E-state index contributed by atoms with van der Waals surface area (Å²) in [6.07, 6.45) is 23.0. The normalized spacial score (nSPS) is 22.7. The monoisotopic (exact) mass is 1910 g/mol. The molecule has 19 rings (SSSR count). The quantitative estimate of drug-likeness (QED) is 0.0498. The number of nitrogens with zero attached hydrogens (tertiary/aromatic N) is 15. The predicted octanol–water partition coefficient (Wildman–Crippen LogP) is 15.0. The number of aromatic amines is 1. The zero-order valence-electron chi connectivity index (χ0n) is 74.7. The minimum Gasteiger partial charge on any atom is -0.383 e. The molecular formula is C95H102Cl4F4N20O11. The molecule has 134 heavy (non-hydrogen) atoms. The van der Waals surface area contributed by atoms with E-state index in [9.17, 15) is 60.7 Å². The van der Waals surface area contributed by atoms with Gasteiger partial charge in [-0.05, 0) is 247 Å². The Morgan fingerprint density at radius 2 is 0.918 bits per heavy atom. The summed E-state index contributed by atoms with van der Waals surface area (Å²) in [4.78, 5) is 145. The summed E-state index contributed by atoms with van der Waals surface area (Å²) >= 11 is 24.9. The fourth-order valence-electron chi connectivity index (χ4n) is 20.5. The predicted molar refractivity (Wildman–Crippen MR) is 493 cm³/mol. The lowest BCUT2D eigenvalue weighted by atomic mass is 9.71. The van der Waals surface area contributed by atoms with E-state index in [0.717, 1.165) is 42.0 Å². The third-order valence-corrected chi connectivity index (χ3v) is 29.3. The number of fused-ring (bicyclic) bond motifs is 3. The smallest absolute Gasteiger partial charge is 0.273 e. The first-order valence-corrected chi connectivity index (χ1v) is 46.3. The molecule has 4 aliphatic heterocycles. The van der Waals surface area contributed by atoms with E-state index < -0.39 is 50.8 Å². The van der Waals surface area contributed by atoms with Crippen LogP contribution in [0.25, 0.3) is 16.9 Å². The van der Waals surface area contributed by atoms with Crippen LogP contribution in [0.1, 0.15) is 209 Å². The lowest BCUT2D eigenvalue weighted by Crippen LogP contribution is -2.47. The molecule has 0 bridgehead atoms. The van der Waals surface area contributed by atoms with Crippen LogP contribution in [0.4, 0.5) is 40.3 Å². The summed E-state index contributed by atoms with van der Waals surface area (Å²) in [5, 5.41) is 23.0. The van der Waals surface area contributed by atoms with Crippen molar-refractivity contribution < 1.29 is 70.2 Å². The number of imidazole rings is 1. The number of nitrogens with two attached hydrogens (primary N) is 1. The molecule has 9 amide bonds. The molecule has 704 valence electrons. The van der Waals surface area contributed by atoms with Gasteiger partial charge in [0.25, 0.3) is 29.5 Å². The van der Waals surface area contributed by atoms with Gasteiger partial charge in [-0.15, -0.1) is 0 Å². The van der Waals surface area contributed by atoms with Gasteiger partial charge in [-0.25, -0.2) is 51.0 Å². The van der Waals surface area contributed by atoms with Gasteiger partial charge in [-0.1, -0.05) is 46.4 Å². The highest BCUT2D eigenvalue weighted by Crippen LogP contribution is 2.53. The first kappa shape index (κ1) is 95.1. The third-order valence-electron chi connectivity index (χ3n) is 28.1. The maximum absolute atomic E-state index is 13.9. The van der Waals surface area contributed by atoms with Crippen molar-refractivity contribution in [3.05, 3.63) is 222 Å². The van der Waals surface area contributed by atoms with E-state index in [1.807, 2.05) is 39.0 Å². The summed E-state index contributed by atoms with van der Waals surface area (Å²) in [5.74, 6) is -3.35. The Morgan fingerprint density at radius 3 is 1.37 bits per heavy atom. The van der Waals surface area contributed by atoms with Crippen LogP contribution in [0.5, 0.6) is 0 Å². The molecule has 31 nitrogen and oxygen atoms in total. The third kappa shape index (κ3) is 19.1. The molecule has 4 aromatic carbocycles. The largest absolute Gasteiger partial charge is 0.383 e. The molecule has 4 spiro atoms. The number of primary amides is 1. The fraction of sp³-hybridized carbons (Fsp3) is 0.432. The van der Waals surface area contributed by atoms with Crippen molar-refractivity contribution in [2.75, 3.05) is 73.1 Å². The molecule has 8 fully saturated rings. The average Bonchev–Trinajstić information content (AvgIpc) is 1.61. The summed E-state index contributed by atoms with van der Waals surface area (Å²) in [6, 6.07) is 20.6. The first-order valence-electron chi connectivity index (χ1n) is 44.8. The average molecular weight is 1920 g/mol. The van der Waals surface area contributed by atoms with Crippen molar-refractivity contribution in [3.63, 3.8) is 0 Å². The number of H-pyrrole nitrogens is 1. The Balaban J connectivity index is 0.000000130. The van der Waals surface area contributed by atoms with E-state index in [-0.39, 0.29) is 103 Å². The number of anilines is 4. The number of ether oxygens (including phenoxy) is 2. The van der Waals surface area contributed by atoms with Gasteiger partial charge in [0, 0.05) is 101 Å². The number of rotatable bonds is 18. The zero-order valence-corrected chi connectivity index (χ0v) is 77.8. The Bertz CT molecular complexity index is 6280. The number of methoxy groups -OCH3 is 2. The second-order valence-electron chi connectivity index (χ2n) is 36.1. The number of hydrogen-bond donors (Lipinski definition) is 5. The van der Waals surface area contributed by atoms with Crippen molar-refractivity contribution in [1.82, 2.24) is 74.6 Å². The molecule has 4 saturated heterocycles. The molecule has 11 heterocycles. The highest BCUT2D eigenvalue weighted by Gasteiger charge is 2.54. The number of amides is 9. The maximum Gasteiger partial charge on any atom is 0.273 e. The fourth-order valence-corrected chi connectivity index (χ4v) is 21.5. The van der Waals surface area contributed by atoms with Gasteiger partial charge in [0.05, 0.1) is 108 Å². The maximum atomic E-state index is 13.9. The van der Waals surface area contributed by atoms with Crippen LogP contribution in [0.3, 0.4) is 0 Å².